The lowest BCUT2D eigenvalue weighted by Gasteiger charge is -2.39. The molecular weight excluding hydrogens is 612 g/mol. The second-order valence-corrected chi connectivity index (χ2v) is 10.4. The fourth-order valence-electron chi connectivity index (χ4n) is 4.95. The Morgan fingerprint density at radius 1 is 0.667 bits per heavy atom. The van der Waals surface area contributed by atoms with Gasteiger partial charge in [-0.25, -0.2) is 0 Å². The zero-order valence-electron chi connectivity index (χ0n) is 22.8. The average molecular weight is 643 g/mol. The van der Waals surface area contributed by atoms with Gasteiger partial charge in [-0.1, -0.05) is 0 Å². The average Bonchev–Trinajstić information content (AvgIpc) is 3.00. The molecule has 1 aromatic heterocycles. The number of benzene rings is 2. The van der Waals surface area contributed by atoms with E-state index in [2.05, 4.69) is 0 Å². The van der Waals surface area contributed by atoms with E-state index in [-0.39, 0.29) is 5.56 Å². The summed E-state index contributed by atoms with van der Waals surface area (Å²) in [5.74, 6) is -5.24. The van der Waals surface area contributed by atoms with Gasteiger partial charge in [0.2, 0.25) is 29.5 Å². The molecule has 2 aromatic carbocycles. The summed E-state index contributed by atoms with van der Waals surface area (Å²) in [6, 6.07) is 3.55. The number of aliphatic hydroxyl groups is 8. The summed E-state index contributed by atoms with van der Waals surface area (Å²) in [6.07, 6.45) is -17.8. The minimum Gasteiger partial charge on any atom is -0.508 e. The lowest BCUT2D eigenvalue weighted by atomic mass is 9.99. The summed E-state index contributed by atoms with van der Waals surface area (Å²) >= 11 is 0. The molecule has 0 amide bonds. The first-order valence-corrected chi connectivity index (χ1v) is 13.3. The number of hydrogen-bond acceptors (Lipinski definition) is 18. The summed E-state index contributed by atoms with van der Waals surface area (Å²) in [4.78, 5) is 13.7. The monoisotopic (exact) mass is 642 g/mol. The molecule has 0 unspecified atom stereocenters. The molecule has 246 valence electrons. The highest BCUT2D eigenvalue weighted by atomic mass is 16.7. The smallest absolute Gasteiger partial charge is 0.239 e. The van der Waals surface area contributed by atoms with Gasteiger partial charge in [-0.15, -0.1) is 0 Å². The van der Waals surface area contributed by atoms with Gasteiger partial charge in [0, 0.05) is 17.7 Å². The molecule has 0 radical (unpaired) electrons. The van der Waals surface area contributed by atoms with Gasteiger partial charge in [-0.05, 0) is 12.1 Å². The lowest BCUT2D eigenvalue weighted by Crippen LogP contribution is -2.60. The Bertz CT molecular complexity index is 1600. The number of fused-ring (bicyclic) bond motifs is 1. The molecule has 0 bridgehead atoms. The van der Waals surface area contributed by atoms with Gasteiger partial charge in [0.25, 0.3) is 0 Å². The number of phenols is 4. The zero-order chi connectivity index (χ0) is 32.9. The Balaban J connectivity index is 1.63. The van der Waals surface area contributed by atoms with Crippen molar-refractivity contribution in [2.24, 2.45) is 0 Å². The van der Waals surface area contributed by atoms with E-state index in [1.165, 1.54) is 0 Å². The number of aromatic hydroxyl groups is 4. The van der Waals surface area contributed by atoms with Gasteiger partial charge in [-0.3, -0.25) is 4.79 Å². The normalized spacial score (nSPS) is 32.0. The zero-order valence-corrected chi connectivity index (χ0v) is 22.8. The van der Waals surface area contributed by atoms with Crippen LogP contribution in [0.4, 0.5) is 0 Å². The van der Waals surface area contributed by atoms with Crippen LogP contribution in [0.3, 0.4) is 0 Å². The molecule has 18 nitrogen and oxygen atoms in total. The SMILES string of the molecule is O=c1c(O[C@@H]2O[C@H](CO)[C@H](O)[C@H](O)[C@H]2O)c(-c2cc(O)c(O)c(O[C@H]3O[C@H](CO)[C@@H](O)[C@H](O)[C@H]3O)c2)oc2cc(O)cc(O)c12. The molecule has 3 heterocycles. The van der Waals surface area contributed by atoms with E-state index >= 15 is 0 Å². The van der Waals surface area contributed by atoms with Crippen molar-refractivity contribution in [3.63, 3.8) is 0 Å². The van der Waals surface area contributed by atoms with Crippen LogP contribution in [0.25, 0.3) is 22.3 Å². The highest BCUT2D eigenvalue weighted by Crippen LogP contribution is 2.44. The minimum absolute atomic E-state index is 0.327. The minimum atomic E-state index is -2.00. The van der Waals surface area contributed by atoms with Crippen molar-refractivity contribution in [3.8, 4) is 45.8 Å². The molecule has 5 rings (SSSR count). The van der Waals surface area contributed by atoms with E-state index in [1.807, 2.05) is 0 Å². The van der Waals surface area contributed by atoms with Crippen LogP contribution in [-0.2, 0) is 9.47 Å². The highest BCUT2D eigenvalue weighted by Gasteiger charge is 2.46. The van der Waals surface area contributed by atoms with Crippen LogP contribution >= 0.6 is 0 Å². The molecule has 2 saturated heterocycles. The molecular formula is C27H30O18. The Labute approximate surface area is 250 Å². The van der Waals surface area contributed by atoms with E-state index in [4.69, 9.17) is 23.4 Å². The Hall–Kier alpha value is -3.95. The van der Waals surface area contributed by atoms with Gasteiger partial charge < -0.3 is 84.6 Å². The van der Waals surface area contributed by atoms with Crippen LogP contribution in [0.5, 0.6) is 34.5 Å². The van der Waals surface area contributed by atoms with Crippen LogP contribution in [0.2, 0.25) is 0 Å². The van der Waals surface area contributed by atoms with Crippen LogP contribution in [-0.4, -0.2) is 136 Å². The quantitative estimate of drug-likeness (QED) is 0.112. The molecule has 2 fully saturated rings. The molecule has 0 aliphatic carbocycles. The largest absolute Gasteiger partial charge is 0.508 e. The lowest BCUT2D eigenvalue weighted by molar-refractivity contribution is -0.277. The van der Waals surface area contributed by atoms with Gasteiger partial charge in [0.05, 0.1) is 13.2 Å². The molecule has 12 N–H and O–H groups in total. The molecule has 0 saturated carbocycles. The van der Waals surface area contributed by atoms with Crippen LogP contribution in [0.15, 0.2) is 33.5 Å². The molecule has 2 aliphatic rings. The second-order valence-electron chi connectivity index (χ2n) is 10.4. The van der Waals surface area contributed by atoms with E-state index in [0.717, 1.165) is 24.3 Å². The third-order valence-electron chi connectivity index (χ3n) is 7.41. The third-order valence-corrected chi connectivity index (χ3v) is 7.41. The van der Waals surface area contributed by atoms with Crippen LogP contribution in [0, 0.1) is 0 Å². The topological polar surface area (TPSA) is 310 Å². The van der Waals surface area contributed by atoms with Gasteiger partial charge in [0.1, 0.15) is 71.3 Å². The number of hydrogen-bond donors (Lipinski definition) is 12. The first-order chi connectivity index (χ1) is 21.3. The fourth-order valence-corrected chi connectivity index (χ4v) is 4.95. The van der Waals surface area contributed by atoms with Gasteiger partial charge in [-0.2, -0.15) is 0 Å². The maximum Gasteiger partial charge on any atom is 0.239 e. The number of phenolic OH excluding ortho intramolecular Hbond substituents is 4. The predicted octanol–water partition coefficient (Wildman–Crippen LogP) is -3.36. The molecule has 45 heavy (non-hydrogen) atoms. The van der Waals surface area contributed by atoms with E-state index < -0.39 is 131 Å². The van der Waals surface area contributed by atoms with Gasteiger partial charge in [0.15, 0.2) is 17.3 Å². The Kier molecular flexibility index (Phi) is 8.97. The van der Waals surface area contributed by atoms with E-state index in [9.17, 15) is 66.1 Å². The molecule has 3 aromatic rings. The Morgan fingerprint density at radius 3 is 1.78 bits per heavy atom. The van der Waals surface area contributed by atoms with Crippen LogP contribution < -0.4 is 14.9 Å². The summed E-state index contributed by atoms with van der Waals surface area (Å²) in [5, 5.41) is 121. The number of aliphatic hydroxyl groups excluding tert-OH is 8. The van der Waals surface area contributed by atoms with Crippen molar-refractivity contribution in [1.82, 2.24) is 0 Å². The molecule has 10 atom stereocenters. The number of ether oxygens (including phenoxy) is 4. The predicted molar refractivity (Wildman–Crippen MR) is 143 cm³/mol. The maximum absolute atomic E-state index is 13.7. The van der Waals surface area contributed by atoms with Crippen molar-refractivity contribution in [3.05, 3.63) is 34.5 Å². The maximum atomic E-state index is 13.7. The van der Waals surface area contributed by atoms with Crippen molar-refractivity contribution >= 4 is 11.0 Å². The molecule has 18 heteroatoms. The number of rotatable bonds is 7. The highest BCUT2D eigenvalue weighted by molar-refractivity contribution is 5.88. The summed E-state index contributed by atoms with van der Waals surface area (Å²) in [5.41, 5.74) is -1.88. The summed E-state index contributed by atoms with van der Waals surface area (Å²) in [6.45, 7) is -1.64. The van der Waals surface area contributed by atoms with Crippen molar-refractivity contribution in [2.75, 3.05) is 13.2 Å². The van der Waals surface area contributed by atoms with Crippen molar-refractivity contribution in [2.45, 2.75) is 61.4 Å². The van der Waals surface area contributed by atoms with Gasteiger partial charge >= 0.3 is 0 Å². The standard InChI is InChI=1S/C27H30O18/c28-5-13-17(34)20(37)22(39)26(43-13)42-12-2-7(1-10(32)16(12)33)24-25(19(36)15-9(31)3-8(30)4-11(15)41-24)45-27-23(40)21(38)18(35)14(6-29)44-27/h1-4,13-14,17-18,20-23,26-35,37-40H,5-6H2/t13-,14-,17-,18+,20+,21+,22-,23-,26+,27+/m1/s1. The molecule has 2 aliphatic heterocycles. The fraction of sp³-hybridized carbons (Fsp3) is 0.444. The summed E-state index contributed by atoms with van der Waals surface area (Å²) < 4.78 is 27.4. The van der Waals surface area contributed by atoms with E-state index in [1.54, 1.807) is 0 Å². The van der Waals surface area contributed by atoms with Crippen molar-refractivity contribution in [1.29, 1.82) is 0 Å². The second kappa shape index (κ2) is 12.4. The summed E-state index contributed by atoms with van der Waals surface area (Å²) in [7, 11) is 0. The van der Waals surface area contributed by atoms with E-state index in [0.29, 0.717) is 0 Å². The Morgan fingerprint density at radius 2 is 1.22 bits per heavy atom. The van der Waals surface area contributed by atoms with Crippen molar-refractivity contribution < 1.29 is 84.6 Å². The first kappa shape index (κ1) is 32.4. The third kappa shape index (κ3) is 5.79. The van der Waals surface area contributed by atoms with Crippen LogP contribution in [0.1, 0.15) is 0 Å². The molecule has 0 spiro atoms. The first-order valence-electron chi connectivity index (χ1n) is 13.3.